The molecule has 3 aromatic rings. The summed E-state index contributed by atoms with van der Waals surface area (Å²) >= 11 is 0. The maximum Gasteiger partial charge on any atom is 0.416 e. The number of amides is 2. The molecule has 3 rings (SSSR count). The van der Waals surface area contributed by atoms with Crippen molar-refractivity contribution in [2.45, 2.75) is 64.9 Å². The quantitative estimate of drug-likeness (QED) is 0.201. The highest BCUT2D eigenvalue weighted by Crippen LogP contribution is 2.31. The van der Waals surface area contributed by atoms with Gasteiger partial charge in [0.15, 0.2) is 0 Å². The zero-order valence-corrected chi connectivity index (χ0v) is 24.7. The average molecular weight is 602 g/mol. The summed E-state index contributed by atoms with van der Waals surface area (Å²) in [6.45, 7) is 7.25. The first kappa shape index (κ1) is 33.7. The normalized spacial score (nSPS) is 12.9. The Morgan fingerprint density at radius 1 is 0.907 bits per heavy atom. The highest BCUT2D eigenvalue weighted by Gasteiger charge is 2.32. The molecule has 0 saturated heterocycles. The molecule has 3 aromatic carbocycles. The largest absolute Gasteiger partial charge is 0.416 e. The molecule has 3 N–H and O–H groups in total. The van der Waals surface area contributed by atoms with E-state index in [9.17, 15) is 32.3 Å². The number of nitrogens with one attached hydrogen (secondary N) is 2. The van der Waals surface area contributed by atoms with Crippen LogP contribution < -0.4 is 10.6 Å². The van der Waals surface area contributed by atoms with Gasteiger partial charge in [-0.3, -0.25) is 9.59 Å². The van der Waals surface area contributed by atoms with Crippen molar-refractivity contribution in [2.75, 3.05) is 19.6 Å². The molecule has 2 atom stereocenters. The zero-order valence-electron chi connectivity index (χ0n) is 24.7. The number of carbonyl (C=O) groups is 2. The lowest BCUT2D eigenvalue weighted by Gasteiger charge is -2.26. The van der Waals surface area contributed by atoms with Gasteiger partial charge in [-0.15, -0.1) is 0 Å². The van der Waals surface area contributed by atoms with Crippen LogP contribution in [0, 0.1) is 12.7 Å². The Bertz CT molecular complexity index is 1360. The van der Waals surface area contributed by atoms with Crippen molar-refractivity contribution in [1.82, 2.24) is 15.5 Å². The summed E-state index contributed by atoms with van der Waals surface area (Å²) in [6, 6.07) is 15.2. The number of benzene rings is 3. The summed E-state index contributed by atoms with van der Waals surface area (Å²) < 4.78 is 54.3. The summed E-state index contributed by atoms with van der Waals surface area (Å²) in [7, 11) is 0. The van der Waals surface area contributed by atoms with Crippen molar-refractivity contribution in [3.05, 3.63) is 106 Å². The lowest BCUT2D eigenvalue weighted by Crippen LogP contribution is -2.48. The first-order valence-electron chi connectivity index (χ1n) is 14.4. The summed E-state index contributed by atoms with van der Waals surface area (Å²) in [5.74, 6) is -1.89. The van der Waals surface area contributed by atoms with Gasteiger partial charge in [-0.1, -0.05) is 44.2 Å². The van der Waals surface area contributed by atoms with Crippen LogP contribution in [0.2, 0.25) is 0 Å². The maximum atomic E-state index is 14.2. The predicted molar refractivity (Wildman–Crippen MR) is 158 cm³/mol. The number of aliphatic hydroxyl groups is 1. The minimum absolute atomic E-state index is 0.00182. The summed E-state index contributed by atoms with van der Waals surface area (Å²) in [5, 5.41) is 16.9. The van der Waals surface area contributed by atoms with Crippen LogP contribution in [0.25, 0.3) is 0 Å². The van der Waals surface area contributed by atoms with Crippen molar-refractivity contribution in [3.8, 4) is 0 Å². The summed E-state index contributed by atoms with van der Waals surface area (Å²) in [4.78, 5) is 28.4. The van der Waals surface area contributed by atoms with E-state index in [1.165, 1.54) is 6.07 Å². The van der Waals surface area contributed by atoms with E-state index in [-0.39, 0.29) is 30.0 Å². The smallest absolute Gasteiger partial charge is 0.390 e. The second-order valence-corrected chi connectivity index (χ2v) is 10.7. The minimum atomic E-state index is -4.76. The van der Waals surface area contributed by atoms with E-state index >= 15 is 0 Å². The van der Waals surface area contributed by atoms with E-state index in [4.69, 9.17) is 0 Å². The Morgan fingerprint density at radius 3 is 2.19 bits per heavy atom. The first-order valence-corrected chi connectivity index (χ1v) is 14.4. The fourth-order valence-corrected chi connectivity index (χ4v) is 4.90. The van der Waals surface area contributed by atoms with Crippen LogP contribution in [0.4, 0.5) is 17.6 Å². The van der Waals surface area contributed by atoms with Crippen molar-refractivity contribution in [2.24, 2.45) is 0 Å². The van der Waals surface area contributed by atoms with Gasteiger partial charge >= 0.3 is 6.18 Å². The lowest BCUT2D eigenvalue weighted by molar-refractivity contribution is -0.137. The monoisotopic (exact) mass is 601 g/mol. The molecule has 43 heavy (non-hydrogen) atoms. The Labute approximate surface area is 250 Å². The third kappa shape index (κ3) is 10.2. The zero-order chi connectivity index (χ0) is 31.6. The molecule has 0 bridgehead atoms. The molecular formula is C33H39F4N3O3. The Morgan fingerprint density at radius 2 is 1.56 bits per heavy atom. The van der Waals surface area contributed by atoms with Crippen LogP contribution in [0.3, 0.4) is 0 Å². The van der Waals surface area contributed by atoms with Crippen molar-refractivity contribution in [3.63, 3.8) is 0 Å². The fourth-order valence-electron chi connectivity index (χ4n) is 4.90. The Hall–Kier alpha value is -3.76. The number of halogens is 4. The third-order valence-electron chi connectivity index (χ3n) is 6.91. The fraction of sp³-hybridized carbons (Fsp3) is 0.394. The van der Waals surface area contributed by atoms with Crippen LogP contribution >= 0.6 is 0 Å². The molecule has 0 saturated carbocycles. The molecule has 0 aromatic heterocycles. The molecule has 0 spiro atoms. The van der Waals surface area contributed by atoms with Crippen molar-refractivity contribution >= 4 is 11.8 Å². The summed E-state index contributed by atoms with van der Waals surface area (Å²) in [6.07, 6.45) is -4.71. The lowest BCUT2D eigenvalue weighted by atomic mass is 9.98. The second kappa shape index (κ2) is 15.6. The van der Waals surface area contributed by atoms with E-state index in [0.717, 1.165) is 30.5 Å². The molecule has 10 heteroatoms. The van der Waals surface area contributed by atoms with Gasteiger partial charge in [0.05, 0.1) is 17.7 Å². The Kier molecular flexibility index (Phi) is 12.3. The number of hydrogen-bond acceptors (Lipinski definition) is 4. The van der Waals surface area contributed by atoms with Gasteiger partial charge in [-0.25, -0.2) is 4.39 Å². The molecule has 0 aliphatic carbocycles. The van der Waals surface area contributed by atoms with Crippen LogP contribution in [0.1, 0.15) is 69.7 Å². The van der Waals surface area contributed by atoms with E-state index in [2.05, 4.69) is 10.6 Å². The van der Waals surface area contributed by atoms with Gasteiger partial charge in [-0.05, 0) is 79.3 Å². The second-order valence-electron chi connectivity index (χ2n) is 10.7. The summed E-state index contributed by atoms with van der Waals surface area (Å²) in [5.41, 5.74) is 0.942. The molecule has 232 valence electrons. The molecule has 2 amide bonds. The van der Waals surface area contributed by atoms with Gasteiger partial charge in [-0.2, -0.15) is 13.2 Å². The SMILES string of the molecule is CCCN(CCC)C(=O)c1cc(C)cc(C(=O)N[C@@H](Cc2cc(F)cc(C(F)(F)F)c2)[C@H](O)CNCc2ccccc2)c1. The van der Waals surface area contributed by atoms with Crippen LogP contribution in [-0.2, 0) is 19.1 Å². The molecule has 0 heterocycles. The third-order valence-corrected chi connectivity index (χ3v) is 6.91. The van der Waals surface area contributed by atoms with Gasteiger partial charge in [0.1, 0.15) is 5.82 Å². The number of aryl methyl sites for hydroxylation is 1. The molecule has 0 radical (unpaired) electrons. The number of alkyl halides is 3. The highest BCUT2D eigenvalue weighted by molar-refractivity contribution is 6.00. The van der Waals surface area contributed by atoms with Crippen LogP contribution in [-0.4, -0.2) is 53.6 Å². The molecular weight excluding hydrogens is 562 g/mol. The number of rotatable bonds is 14. The number of nitrogens with zero attached hydrogens (tertiary/aromatic N) is 1. The molecule has 0 unspecified atom stereocenters. The van der Waals surface area contributed by atoms with Crippen LogP contribution in [0.15, 0.2) is 66.7 Å². The first-order chi connectivity index (χ1) is 20.4. The number of hydrogen-bond donors (Lipinski definition) is 3. The standard InChI is InChI=1S/C33H39F4N3O3/c1-4-11-40(12-5-2)32(43)26-14-22(3)13-25(18-26)31(42)39-29(30(41)21-38-20-23-9-7-6-8-10-23)17-24-15-27(33(35,36)37)19-28(34)16-24/h6-10,13-16,18-19,29-30,38,41H,4-5,11-12,17,20-21H2,1-3H3,(H,39,42)/t29-,30+/m0/s1. The topological polar surface area (TPSA) is 81.7 Å². The average Bonchev–Trinajstić information content (AvgIpc) is 2.95. The molecule has 0 fully saturated rings. The van der Waals surface area contributed by atoms with Gasteiger partial charge in [0.2, 0.25) is 0 Å². The highest BCUT2D eigenvalue weighted by atomic mass is 19.4. The maximum absolute atomic E-state index is 14.2. The van der Waals surface area contributed by atoms with Crippen LogP contribution in [0.5, 0.6) is 0 Å². The minimum Gasteiger partial charge on any atom is -0.390 e. The van der Waals surface area contributed by atoms with E-state index in [0.29, 0.717) is 36.8 Å². The van der Waals surface area contributed by atoms with E-state index < -0.39 is 35.6 Å². The van der Waals surface area contributed by atoms with E-state index in [1.54, 1.807) is 24.0 Å². The number of carbonyl (C=O) groups excluding carboxylic acids is 2. The number of aliphatic hydroxyl groups excluding tert-OH is 1. The van der Waals surface area contributed by atoms with Gasteiger partial charge < -0.3 is 20.6 Å². The van der Waals surface area contributed by atoms with E-state index in [1.807, 2.05) is 44.2 Å². The van der Waals surface area contributed by atoms with Crippen molar-refractivity contribution < 1.29 is 32.3 Å². The molecule has 6 nitrogen and oxygen atoms in total. The van der Waals surface area contributed by atoms with Gasteiger partial charge in [0, 0.05) is 37.3 Å². The Balaban J connectivity index is 1.86. The predicted octanol–water partition coefficient (Wildman–Crippen LogP) is 5.91. The molecule has 0 aliphatic rings. The van der Waals surface area contributed by atoms with Gasteiger partial charge in [0.25, 0.3) is 11.8 Å². The molecule has 0 aliphatic heterocycles. The van der Waals surface area contributed by atoms with Crippen molar-refractivity contribution in [1.29, 1.82) is 0 Å².